The van der Waals surface area contributed by atoms with Gasteiger partial charge in [0.05, 0.1) is 6.54 Å². The summed E-state index contributed by atoms with van der Waals surface area (Å²) in [6.45, 7) is 7.44. The molecule has 0 atom stereocenters. The maximum atomic E-state index is 12.0. The first kappa shape index (κ1) is 20.7. The lowest BCUT2D eigenvalue weighted by atomic mass is 10.1. The van der Waals surface area contributed by atoms with E-state index in [1.807, 2.05) is 17.0 Å². The zero-order valence-corrected chi connectivity index (χ0v) is 17.0. The van der Waals surface area contributed by atoms with Crippen LogP contribution in [0.2, 0.25) is 0 Å². The Bertz CT molecular complexity index is 530. The molecule has 0 aliphatic carbocycles. The first-order chi connectivity index (χ1) is 11.2. The van der Waals surface area contributed by atoms with Crippen molar-refractivity contribution in [2.45, 2.75) is 46.1 Å². The highest BCUT2D eigenvalue weighted by atomic mass is 127. The Morgan fingerprint density at radius 2 is 1.92 bits per heavy atom. The van der Waals surface area contributed by atoms with Crippen LogP contribution in [-0.4, -0.2) is 31.5 Å². The number of hydrogen-bond acceptors (Lipinski definition) is 2. The highest BCUT2D eigenvalue weighted by Crippen LogP contribution is 2.21. The Kier molecular flexibility index (Phi) is 9.75. The van der Waals surface area contributed by atoms with E-state index in [2.05, 4.69) is 41.6 Å². The molecule has 1 fully saturated rings. The van der Waals surface area contributed by atoms with Gasteiger partial charge in [-0.05, 0) is 43.9 Å². The topological polar surface area (TPSA) is 56.7 Å². The molecule has 1 aromatic carbocycles. The number of benzene rings is 1. The molecule has 2 rings (SSSR count). The summed E-state index contributed by atoms with van der Waals surface area (Å²) in [5.74, 6) is 1.09. The van der Waals surface area contributed by atoms with Gasteiger partial charge in [0.25, 0.3) is 0 Å². The van der Waals surface area contributed by atoms with Gasteiger partial charge >= 0.3 is 0 Å². The molecule has 1 saturated heterocycles. The van der Waals surface area contributed by atoms with Crippen molar-refractivity contribution in [2.24, 2.45) is 4.99 Å². The molecule has 6 heteroatoms. The van der Waals surface area contributed by atoms with Crippen LogP contribution in [0.15, 0.2) is 29.3 Å². The summed E-state index contributed by atoms with van der Waals surface area (Å²) in [7, 11) is 0. The van der Waals surface area contributed by atoms with Crippen LogP contribution in [0.3, 0.4) is 0 Å². The lowest BCUT2D eigenvalue weighted by Crippen LogP contribution is -2.37. The van der Waals surface area contributed by atoms with E-state index >= 15 is 0 Å². The number of guanidine groups is 1. The number of hydrogen-bond donors (Lipinski definition) is 2. The van der Waals surface area contributed by atoms with Crippen molar-refractivity contribution in [3.63, 3.8) is 0 Å². The normalized spacial score (nSPS) is 15.0. The lowest BCUT2D eigenvalue weighted by molar-refractivity contribution is -0.119. The molecule has 134 valence electrons. The first-order valence-corrected chi connectivity index (χ1v) is 8.66. The van der Waals surface area contributed by atoms with E-state index in [4.69, 9.17) is 0 Å². The predicted molar refractivity (Wildman–Crippen MR) is 111 cm³/mol. The molecule has 1 heterocycles. The molecule has 5 nitrogen and oxygen atoms in total. The minimum atomic E-state index is 0. The number of nitrogens with zero attached hydrogens (tertiary/aromatic N) is 2. The minimum Gasteiger partial charge on any atom is -0.357 e. The van der Waals surface area contributed by atoms with Crippen LogP contribution >= 0.6 is 24.0 Å². The number of nitrogens with one attached hydrogen (secondary N) is 2. The maximum absolute atomic E-state index is 12.0. The third kappa shape index (κ3) is 6.30. The molecular formula is C18H29IN4O. The standard InChI is InChI=1S/C18H28N4O.HI/c1-3-12-20-18(19-4-2)21-14-15-8-10-16(11-9-15)22-13-6-5-7-17(22)23;/h8-11H,3-7,12-14H2,1-2H3,(H2,19,20,21);1H. The summed E-state index contributed by atoms with van der Waals surface area (Å²) < 4.78 is 0. The number of aliphatic imine (C=N–C) groups is 1. The van der Waals surface area contributed by atoms with Gasteiger partial charge < -0.3 is 15.5 Å². The predicted octanol–water partition coefficient (Wildman–Crippen LogP) is 3.29. The zero-order valence-electron chi connectivity index (χ0n) is 14.7. The fourth-order valence-electron chi connectivity index (χ4n) is 2.62. The van der Waals surface area contributed by atoms with E-state index < -0.39 is 0 Å². The van der Waals surface area contributed by atoms with E-state index in [1.54, 1.807) is 0 Å². The number of carbonyl (C=O) groups is 1. The summed E-state index contributed by atoms with van der Waals surface area (Å²) in [4.78, 5) is 18.4. The summed E-state index contributed by atoms with van der Waals surface area (Å²) in [5.41, 5.74) is 2.14. The third-order valence-electron chi connectivity index (χ3n) is 3.88. The fourth-order valence-corrected chi connectivity index (χ4v) is 2.62. The van der Waals surface area contributed by atoms with Gasteiger partial charge in [0, 0.05) is 31.7 Å². The van der Waals surface area contributed by atoms with Crippen LogP contribution in [0.5, 0.6) is 0 Å². The maximum Gasteiger partial charge on any atom is 0.226 e. The van der Waals surface area contributed by atoms with Crippen molar-refractivity contribution in [3.05, 3.63) is 29.8 Å². The summed E-state index contributed by atoms with van der Waals surface area (Å²) in [5, 5.41) is 6.54. The number of anilines is 1. The molecule has 0 spiro atoms. The van der Waals surface area contributed by atoms with Gasteiger partial charge in [0.2, 0.25) is 5.91 Å². The van der Waals surface area contributed by atoms with Gasteiger partial charge in [-0.2, -0.15) is 0 Å². The van der Waals surface area contributed by atoms with Crippen molar-refractivity contribution >= 4 is 41.5 Å². The number of carbonyl (C=O) groups excluding carboxylic acids is 1. The van der Waals surface area contributed by atoms with Crippen LogP contribution in [0, 0.1) is 0 Å². The van der Waals surface area contributed by atoms with E-state index in [9.17, 15) is 4.79 Å². The average molecular weight is 444 g/mol. The fraction of sp³-hybridized carbons (Fsp3) is 0.556. The molecule has 1 aliphatic heterocycles. The van der Waals surface area contributed by atoms with Crippen LogP contribution in [-0.2, 0) is 11.3 Å². The monoisotopic (exact) mass is 444 g/mol. The molecular weight excluding hydrogens is 415 g/mol. The quantitative estimate of drug-likeness (QED) is 0.402. The van der Waals surface area contributed by atoms with Gasteiger partial charge in [0.1, 0.15) is 0 Å². The first-order valence-electron chi connectivity index (χ1n) is 8.66. The van der Waals surface area contributed by atoms with Gasteiger partial charge in [-0.3, -0.25) is 4.79 Å². The van der Waals surface area contributed by atoms with E-state index in [-0.39, 0.29) is 29.9 Å². The zero-order chi connectivity index (χ0) is 16.5. The van der Waals surface area contributed by atoms with Crippen molar-refractivity contribution in [2.75, 3.05) is 24.5 Å². The Labute approximate surface area is 162 Å². The Hall–Kier alpha value is -1.31. The number of halogens is 1. The van der Waals surface area contributed by atoms with Crippen molar-refractivity contribution < 1.29 is 4.79 Å². The van der Waals surface area contributed by atoms with E-state index in [1.165, 1.54) is 0 Å². The molecule has 1 amide bonds. The molecule has 0 bridgehead atoms. The summed E-state index contributed by atoms with van der Waals surface area (Å²) in [6, 6.07) is 8.18. The summed E-state index contributed by atoms with van der Waals surface area (Å²) in [6.07, 6.45) is 3.84. The van der Waals surface area contributed by atoms with E-state index in [0.717, 1.165) is 56.1 Å². The van der Waals surface area contributed by atoms with Crippen molar-refractivity contribution in [1.29, 1.82) is 0 Å². The molecule has 0 radical (unpaired) electrons. The largest absolute Gasteiger partial charge is 0.357 e. The van der Waals surface area contributed by atoms with Crippen molar-refractivity contribution in [3.8, 4) is 0 Å². The molecule has 2 N–H and O–H groups in total. The molecule has 1 aromatic rings. The van der Waals surface area contributed by atoms with Gasteiger partial charge in [-0.15, -0.1) is 24.0 Å². The molecule has 0 aromatic heterocycles. The molecule has 1 aliphatic rings. The van der Waals surface area contributed by atoms with Gasteiger partial charge in [0.15, 0.2) is 5.96 Å². The smallest absolute Gasteiger partial charge is 0.226 e. The van der Waals surface area contributed by atoms with Crippen LogP contribution in [0.1, 0.15) is 45.1 Å². The van der Waals surface area contributed by atoms with Crippen LogP contribution < -0.4 is 15.5 Å². The lowest BCUT2D eigenvalue weighted by Gasteiger charge is -2.26. The highest BCUT2D eigenvalue weighted by molar-refractivity contribution is 14.0. The second-order valence-corrected chi connectivity index (χ2v) is 5.79. The second-order valence-electron chi connectivity index (χ2n) is 5.79. The Balaban J connectivity index is 0.00000288. The van der Waals surface area contributed by atoms with E-state index in [0.29, 0.717) is 13.0 Å². The SMILES string of the molecule is CCCNC(=NCc1ccc(N2CCCCC2=O)cc1)NCC.I. The Morgan fingerprint density at radius 1 is 1.17 bits per heavy atom. The minimum absolute atomic E-state index is 0. The second kappa shape index (κ2) is 11.3. The summed E-state index contributed by atoms with van der Waals surface area (Å²) >= 11 is 0. The Morgan fingerprint density at radius 3 is 2.54 bits per heavy atom. The molecule has 0 saturated carbocycles. The number of piperidine rings is 1. The van der Waals surface area contributed by atoms with Gasteiger partial charge in [-0.25, -0.2) is 4.99 Å². The third-order valence-corrected chi connectivity index (χ3v) is 3.88. The number of rotatable bonds is 6. The molecule has 0 unspecified atom stereocenters. The molecule has 24 heavy (non-hydrogen) atoms. The van der Waals surface area contributed by atoms with Gasteiger partial charge in [-0.1, -0.05) is 19.1 Å². The number of amides is 1. The van der Waals surface area contributed by atoms with Crippen LogP contribution in [0.4, 0.5) is 5.69 Å². The van der Waals surface area contributed by atoms with Crippen molar-refractivity contribution in [1.82, 2.24) is 10.6 Å². The van der Waals surface area contributed by atoms with Crippen LogP contribution in [0.25, 0.3) is 0 Å². The highest BCUT2D eigenvalue weighted by Gasteiger charge is 2.19. The average Bonchev–Trinajstić information content (AvgIpc) is 2.58.